The smallest absolute Gasteiger partial charge is 0.342 e. The number of hydrogen-bond donors (Lipinski definition) is 0. The van der Waals surface area contributed by atoms with Crippen LogP contribution < -0.4 is 9.47 Å². The minimum atomic E-state index is -0.636. The minimum absolute atomic E-state index is 0.213. The Morgan fingerprint density at radius 1 is 1.17 bits per heavy atom. The number of thiophene rings is 1. The van der Waals surface area contributed by atoms with Crippen molar-refractivity contribution in [2.45, 2.75) is 6.54 Å². The Labute approximate surface area is 144 Å². The SMILES string of the molecule is COc1cccc(C(=O)OCC(=O)N(C)Cc2ccsc2)c1OC. The standard InChI is InChI=1S/C17H19NO5S/c1-18(9-12-7-8-24-11-12)15(19)10-23-17(20)13-5-4-6-14(21-2)16(13)22-3/h4-8,11H,9-10H2,1-3H3. The molecule has 6 nitrogen and oxygen atoms in total. The highest BCUT2D eigenvalue weighted by Crippen LogP contribution is 2.31. The fourth-order valence-corrected chi connectivity index (χ4v) is 2.77. The van der Waals surface area contributed by atoms with E-state index in [4.69, 9.17) is 14.2 Å². The van der Waals surface area contributed by atoms with Crippen molar-refractivity contribution >= 4 is 23.2 Å². The molecule has 0 spiro atoms. The Morgan fingerprint density at radius 3 is 2.58 bits per heavy atom. The number of methoxy groups -OCH3 is 2. The minimum Gasteiger partial charge on any atom is -0.493 e. The molecule has 0 atom stereocenters. The number of carbonyl (C=O) groups is 2. The third kappa shape index (κ3) is 4.26. The van der Waals surface area contributed by atoms with E-state index >= 15 is 0 Å². The summed E-state index contributed by atoms with van der Waals surface area (Å²) in [4.78, 5) is 25.8. The lowest BCUT2D eigenvalue weighted by Crippen LogP contribution is -2.30. The molecule has 0 aliphatic rings. The van der Waals surface area contributed by atoms with Crippen molar-refractivity contribution in [2.75, 3.05) is 27.9 Å². The number of carbonyl (C=O) groups excluding carboxylic acids is 2. The van der Waals surface area contributed by atoms with Gasteiger partial charge in [0, 0.05) is 13.6 Å². The molecule has 1 amide bonds. The molecule has 2 rings (SSSR count). The molecule has 0 unspecified atom stereocenters. The summed E-state index contributed by atoms with van der Waals surface area (Å²) in [6, 6.07) is 6.84. The van der Waals surface area contributed by atoms with E-state index in [2.05, 4.69) is 0 Å². The van der Waals surface area contributed by atoms with Crippen LogP contribution in [0, 0.1) is 0 Å². The number of esters is 1. The molecular formula is C17H19NO5S. The monoisotopic (exact) mass is 349 g/mol. The second kappa shape index (κ2) is 8.35. The second-order valence-electron chi connectivity index (χ2n) is 5.00. The Hall–Kier alpha value is -2.54. The van der Waals surface area contributed by atoms with Gasteiger partial charge in [-0.1, -0.05) is 6.07 Å². The number of benzene rings is 1. The molecule has 24 heavy (non-hydrogen) atoms. The predicted molar refractivity (Wildman–Crippen MR) is 90.6 cm³/mol. The number of para-hydroxylation sites is 1. The molecule has 0 bridgehead atoms. The first-order valence-corrected chi connectivity index (χ1v) is 8.14. The van der Waals surface area contributed by atoms with E-state index < -0.39 is 5.97 Å². The van der Waals surface area contributed by atoms with Crippen molar-refractivity contribution in [3.63, 3.8) is 0 Å². The lowest BCUT2D eigenvalue weighted by atomic mass is 10.2. The largest absolute Gasteiger partial charge is 0.493 e. The van der Waals surface area contributed by atoms with Gasteiger partial charge in [0.1, 0.15) is 5.56 Å². The fourth-order valence-electron chi connectivity index (χ4n) is 2.11. The summed E-state index contributed by atoms with van der Waals surface area (Å²) in [7, 11) is 4.59. The molecule has 0 aliphatic carbocycles. The lowest BCUT2D eigenvalue weighted by Gasteiger charge is -2.17. The second-order valence-corrected chi connectivity index (χ2v) is 5.78. The van der Waals surface area contributed by atoms with Crippen LogP contribution in [0.4, 0.5) is 0 Å². The summed E-state index contributed by atoms with van der Waals surface area (Å²) < 4.78 is 15.4. The van der Waals surface area contributed by atoms with Crippen LogP contribution in [0.25, 0.3) is 0 Å². The number of amides is 1. The first-order valence-electron chi connectivity index (χ1n) is 7.20. The first-order chi connectivity index (χ1) is 11.6. The van der Waals surface area contributed by atoms with Gasteiger partial charge in [-0.3, -0.25) is 4.79 Å². The normalized spacial score (nSPS) is 10.1. The van der Waals surface area contributed by atoms with E-state index in [0.29, 0.717) is 12.3 Å². The number of ether oxygens (including phenoxy) is 3. The summed E-state index contributed by atoms with van der Waals surface area (Å²) in [6.07, 6.45) is 0. The van der Waals surface area contributed by atoms with Crippen LogP contribution in [0.5, 0.6) is 11.5 Å². The molecule has 128 valence electrons. The van der Waals surface area contributed by atoms with Gasteiger partial charge in [0.05, 0.1) is 14.2 Å². The third-order valence-corrected chi connectivity index (χ3v) is 4.11. The number of rotatable bonds is 7. The Balaban J connectivity index is 1.96. The highest BCUT2D eigenvalue weighted by atomic mass is 32.1. The maximum atomic E-state index is 12.2. The van der Waals surface area contributed by atoms with Crippen molar-refractivity contribution in [1.29, 1.82) is 0 Å². The van der Waals surface area contributed by atoms with Crippen LogP contribution in [0.2, 0.25) is 0 Å². The number of nitrogens with zero attached hydrogens (tertiary/aromatic N) is 1. The topological polar surface area (TPSA) is 65.1 Å². The lowest BCUT2D eigenvalue weighted by molar-refractivity contribution is -0.133. The van der Waals surface area contributed by atoms with E-state index in [-0.39, 0.29) is 23.8 Å². The third-order valence-electron chi connectivity index (χ3n) is 3.38. The van der Waals surface area contributed by atoms with Crippen molar-refractivity contribution in [1.82, 2.24) is 4.90 Å². The maximum Gasteiger partial charge on any atom is 0.342 e. The summed E-state index contributed by atoms with van der Waals surface area (Å²) in [5, 5.41) is 3.92. The van der Waals surface area contributed by atoms with Gasteiger partial charge < -0.3 is 19.1 Å². The average molecular weight is 349 g/mol. The highest BCUT2D eigenvalue weighted by molar-refractivity contribution is 7.07. The molecule has 1 aromatic carbocycles. The van der Waals surface area contributed by atoms with Crippen LogP contribution in [-0.2, 0) is 16.1 Å². The maximum absolute atomic E-state index is 12.2. The molecule has 0 N–H and O–H groups in total. The quantitative estimate of drug-likeness (QED) is 0.719. The van der Waals surface area contributed by atoms with E-state index in [1.165, 1.54) is 19.1 Å². The molecule has 7 heteroatoms. The van der Waals surface area contributed by atoms with E-state index in [9.17, 15) is 9.59 Å². The zero-order chi connectivity index (χ0) is 17.5. The van der Waals surface area contributed by atoms with E-state index in [1.54, 1.807) is 36.6 Å². The van der Waals surface area contributed by atoms with Gasteiger partial charge in [-0.15, -0.1) is 0 Å². The molecule has 2 aromatic rings. The van der Waals surface area contributed by atoms with Crippen molar-refractivity contribution in [3.05, 3.63) is 46.2 Å². The molecule has 0 saturated heterocycles. The van der Waals surface area contributed by atoms with Crippen LogP contribution in [-0.4, -0.2) is 44.7 Å². The van der Waals surface area contributed by atoms with Gasteiger partial charge in [-0.25, -0.2) is 4.79 Å². The van der Waals surface area contributed by atoms with Crippen LogP contribution in [0.15, 0.2) is 35.0 Å². The Kier molecular flexibility index (Phi) is 6.20. The summed E-state index contributed by atoms with van der Waals surface area (Å²) >= 11 is 1.57. The Bertz CT molecular complexity index is 699. The average Bonchev–Trinajstić information content (AvgIpc) is 3.11. The molecule has 0 saturated carbocycles. The Morgan fingerprint density at radius 2 is 1.96 bits per heavy atom. The van der Waals surface area contributed by atoms with Gasteiger partial charge in [-0.2, -0.15) is 11.3 Å². The summed E-state index contributed by atoms with van der Waals surface area (Å²) in [5.41, 5.74) is 1.25. The number of hydrogen-bond acceptors (Lipinski definition) is 6. The molecule has 0 fully saturated rings. The van der Waals surface area contributed by atoms with Crippen LogP contribution in [0.1, 0.15) is 15.9 Å². The first kappa shape index (κ1) is 17.8. The zero-order valence-corrected chi connectivity index (χ0v) is 14.6. The summed E-state index contributed by atoms with van der Waals surface area (Å²) in [6.45, 7) is 0.141. The number of likely N-dealkylation sites (N-methyl/N-ethyl adjacent to an activating group) is 1. The predicted octanol–water partition coefficient (Wildman–Crippen LogP) is 2.58. The van der Waals surface area contributed by atoms with Crippen molar-refractivity contribution in [2.24, 2.45) is 0 Å². The van der Waals surface area contributed by atoms with Crippen LogP contribution in [0.3, 0.4) is 0 Å². The van der Waals surface area contributed by atoms with E-state index in [0.717, 1.165) is 5.56 Å². The fraction of sp³-hybridized carbons (Fsp3) is 0.294. The molecule has 1 heterocycles. The van der Waals surface area contributed by atoms with Gasteiger partial charge in [-0.05, 0) is 34.5 Å². The molecule has 1 aromatic heterocycles. The van der Waals surface area contributed by atoms with Gasteiger partial charge in [0.15, 0.2) is 18.1 Å². The van der Waals surface area contributed by atoms with E-state index in [1.807, 2.05) is 16.8 Å². The molecule has 0 aliphatic heterocycles. The molecule has 0 radical (unpaired) electrons. The van der Waals surface area contributed by atoms with Crippen LogP contribution >= 0.6 is 11.3 Å². The molecular weight excluding hydrogens is 330 g/mol. The zero-order valence-electron chi connectivity index (χ0n) is 13.8. The summed E-state index contributed by atoms with van der Waals surface area (Å²) in [5.74, 6) is -0.212. The van der Waals surface area contributed by atoms with Gasteiger partial charge >= 0.3 is 5.97 Å². The van der Waals surface area contributed by atoms with Crippen molar-refractivity contribution in [3.8, 4) is 11.5 Å². The van der Waals surface area contributed by atoms with Gasteiger partial charge in [0.2, 0.25) is 0 Å². The van der Waals surface area contributed by atoms with Crippen molar-refractivity contribution < 1.29 is 23.8 Å². The highest BCUT2D eigenvalue weighted by Gasteiger charge is 2.19. The van der Waals surface area contributed by atoms with Gasteiger partial charge in [0.25, 0.3) is 5.91 Å².